The number of anilines is 1. The molecule has 6 nitrogen and oxygen atoms in total. The average molecular weight is 289 g/mol. The smallest absolute Gasteiger partial charge is 0.187 e. The van der Waals surface area contributed by atoms with Crippen LogP contribution in [0.25, 0.3) is 0 Å². The molecule has 2 rings (SSSR count). The van der Waals surface area contributed by atoms with Crippen molar-refractivity contribution >= 4 is 5.82 Å². The van der Waals surface area contributed by atoms with Gasteiger partial charge in [-0.1, -0.05) is 13.8 Å². The molecule has 0 unspecified atom stereocenters. The third-order valence-corrected chi connectivity index (χ3v) is 3.07. The van der Waals surface area contributed by atoms with Crippen LogP contribution in [0.5, 0.6) is 23.0 Å². The number of methoxy groups -OCH3 is 2. The molecule has 0 aliphatic heterocycles. The molecule has 2 N–H and O–H groups in total. The minimum atomic E-state index is 0.241. The fraction of sp³-hybridized carbons (Fsp3) is 0.333. The van der Waals surface area contributed by atoms with Crippen molar-refractivity contribution in [3.63, 3.8) is 0 Å². The van der Waals surface area contributed by atoms with Gasteiger partial charge in [-0.25, -0.2) is 9.97 Å². The molecule has 21 heavy (non-hydrogen) atoms. The second-order valence-corrected chi connectivity index (χ2v) is 4.77. The van der Waals surface area contributed by atoms with Crippen LogP contribution in [-0.2, 0) is 0 Å². The van der Waals surface area contributed by atoms with Crippen LogP contribution in [0.4, 0.5) is 5.82 Å². The molecule has 0 saturated carbocycles. The molecule has 6 heteroatoms. The van der Waals surface area contributed by atoms with Crippen molar-refractivity contribution in [2.75, 3.05) is 20.0 Å². The molecule has 1 aromatic heterocycles. The predicted molar refractivity (Wildman–Crippen MR) is 80.2 cm³/mol. The highest BCUT2D eigenvalue weighted by Crippen LogP contribution is 2.40. The molecule has 0 spiro atoms. The Labute approximate surface area is 123 Å². The van der Waals surface area contributed by atoms with E-state index in [2.05, 4.69) is 23.8 Å². The quantitative estimate of drug-likeness (QED) is 0.911. The molecule has 0 bridgehead atoms. The Morgan fingerprint density at radius 1 is 1.00 bits per heavy atom. The van der Waals surface area contributed by atoms with Gasteiger partial charge in [-0.3, -0.25) is 0 Å². The van der Waals surface area contributed by atoms with Gasteiger partial charge in [0.15, 0.2) is 23.1 Å². The molecule has 0 fully saturated rings. The Morgan fingerprint density at radius 3 is 2.24 bits per heavy atom. The maximum Gasteiger partial charge on any atom is 0.187 e. The minimum absolute atomic E-state index is 0.241. The number of nitrogen functional groups attached to an aromatic ring is 1. The van der Waals surface area contributed by atoms with Crippen LogP contribution in [-0.4, -0.2) is 24.2 Å². The van der Waals surface area contributed by atoms with Crippen molar-refractivity contribution in [3.05, 3.63) is 30.2 Å². The summed E-state index contributed by atoms with van der Waals surface area (Å²) in [4.78, 5) is 7.83. The van der Waals surface area contributed by atoms with E-state index in [9.17, 15) is 0 Å². The van der Waals surface area contributed by atoms with Gasteiger partial charge in [-0.15, -0.1) is 0 Å². The van der Waals surface area contributed by atoms with Gasteiger partial charge in [0.1, 0.15) is 12.1 Å². The average Bonchev–Trinajstić information content (AvgIpc) is 2.48. The first kappa shape index (κ1) is 14.9. The lowest BCUT2D eigenvalue weighted by atomic mass is 10.0. The van der Waals surface area contributed by atoms with Crippen molar-refractivity contribution in [1.29, 1.82) is 0 Å². The number of hydrogen-bond acceptors (Lipinski definition) is 6. The molecular weight excluding hydrogens is 270 g/mol. The van der Waals surface area contributed by atoms with E-state index >= 15 is 0 Å². The van der Waals surface area contributed by atoms with Crippen molar-refractivity contribution in [3.8, 4) is 23.0 Å². The van der Waals surface area contributed by atoms with Gasteiger partial charge >= 0.3 is 0 Å². The first-order chi connectivity index (χ1) is 10.1. The lowest BCUT2D eigenvalue weighted by molar-refractivity contribution is 0.350. The van der Waals surface area contributed by atoms with Gasteiger partial charge in [0.25, 0.3) is 0 Å². The van der Waals surface area contributed by atoms with Crippen LogP contribution in [0.3, 0.4) is 0 Å². The number of aromatic nitrogens is 2. The van der Waals surface area contributed by atoms with E-state index in [-0.39, 0.29) is 11.7 Å². The Hall–Kier alpha value is -2.50. The molecule has 1 aromatic carbocycles. The Kier molecular flexibility index (Phi) is 4.47. The Balaban J connectivity index is 2.48. The SMILES string of the molecule is COc1cc(Oc2cncnc2N)c(C(C)C)cc1OC. The zero-order chi connectivity index (χ0) is 15.4. The van der Waals surface area contributed by atoms with Crippen LogP contribution >= 0.6 is 0 Å². The molecule has 0 saturated heterocycles. The number of rotatable bonds is 5. The summed E-state index contributed by atoms with van der Waals surface area (Å²) in [7, 11) is 3.18. The van der Waals surface area contributed by atoms with Gasteiger partial charge in [-0.05, 0) is 12.0 Å². The van der Waals surface area contributed by atoms with Gasteiger partial charge < -0.3 is 19.9 Å². The van der Waals surface area contributed by atoms with Gasteiger partial charge in [0, 0.05) is 11.6 Å². The number of nitrogens with zero attached hydrogens (tertiary/aromatic N) is 2. The molecule has 0 amide bonds. The normalized spacial score (nSPS) is 10.5. The van der Waals surface area contributed by atoms with Gasteiger partial charge in [-0.2, -0.15) is 0 Å². The second kappa shape index (κ2) is 6.30. The summed E-state index contributed by atoms with van der Waals surface area (Å²) in [6, 6.07) is 3.68. The molecular formula is C15H19N3O3. The summed E-state index contributed by atoms with van der Waals surface area (Å²) in [5.41, 5.74) is 6.77. The standard InChI is InChI=1S/C15H19N3O3/c1-9(2)10-5-12(19-3)13(20-4)6-11(10)21-14-7-17-8-18-15(14)16/h5-9H,1-4H3,(H2,16,17,18). The van der Waals surface area contributed by atoms with Crippen LogP contribution < -0.4 is 19.9 Å². The lowest BCUT2D eigenvalue weighted by Crippen LogP contribution is -2.01. The Bertz CT molecular complexity index is 630. The third kappa shape index (κ3) is 3.16. The fourth-order valence-electron chi connectivity index (χ4n) is 1.94. The molecule has 0 radical (unpaired) electrons. The third-order valence-electron chi connectivity index (χ3n) is 3.07. The number of hydrogen-bond donors (Lipinski definition) is 1. The monoisotopic (exact) mass is 289 g/mol. The molecule has 0 atom stereocenters. The van der Waals surface area contributed by atoms with Crippen LogP contribution in [0.1, 0.15) is 25.3 Å². The number of nitrogens with two attached hydrogens (primary N) is 1. The highest BCUT2D eigenvalue weighted by atomic mass is 16.5. The molecule has 0 aliphatic carbocycles. The second-order valence-electron chi connectivity index (χ2n) is 4.77. The summed E-state index contributed by atoms with van der Waals surface area (Å²) in [6.45, 7) is 4.14. The van der Waals surface area contributed by atoms with Gasteiger partial charge in [0.2, 0.25) is 0 Å². The van der Waals surface area contributed by atoms with Crippen LogP contribution in [0.2, 0.25) is 0 Å². The van der Waals surface area contributed by atoms with E-state index in [0.29, 0.717) is 23.0 Å². The number of benzene rings is 1. The maximum atomic E-state index is 5.86. The first-order valence-electron chi connectivity index (χ1n) is 6.56. The van der Waals surface area contributed by atoms with E-state index < -0.39 is 0 Å². The maximum absolute atomic E-state index is 5.86. The molecule has 0 aliphatic rings. The zero-order valence-electron chi connectivity index (χ0n) is 12.6. The molecule has 112 valence electrons. The summed E-state index contributed by atoms with van der Waals surface area (Å²) in [5.74, 6) is 2.83. The van der Waals surface area contributed by atoms with Gasteiger partial charge in [0.05, 0.1) is 20.4 Å². The van der Waals surface area contributed by atoms with E-state index in [1.165, 1.54) is 12.5 Å². The van der Waals surface area contributed by atoms with Crippen molar-refractivity contribution in [2.45, 2.75) is 19.8 Å². The first-order valence-corrected chi connectivity index (χ1v) is 6.56. The van der Waals surface area contributed by atoms with Crippen molar-refractivity contribution < 1.29 is 14.2 Å². The topological polar surface area (TPSA) is 79.5 Å². The van der Waals surface area contributed by atoms with Crippen LogP contribution in [0, 0.1) is 0 Å². The summed E-state index contributed by atoms with van der Waals surface area (Å²) >= 11 is 0. The highest BCUT2D eigenvalue weighted by molar-refractivity contribution is 5.54. The van der Waals surface area contributed by atoms with E-state index in [4.69, 9.17) is 19.9 Å². The lowest BCUT2D eigenvalue weighted by Gasteiger charge is -2.17. The van der Waals surface area contributed by atoms with Crippen LogP contribution in [0.15, 0.2) is 24.7 Å². The van der Waals surface area contributed by atoms with Crippen molar-refractivity contribution in [2.24, 2.45) is 0 Å². The van der Waals surface area contributed by atoms with E-state index in [0.717, 1.165) is 5.56 Å². The molecule has 2 aromatic rings. The van der Waals surface area contributed by atoms with E-state index in [1.54, 1.807) is 20.3 Å². The number of ether oxygens (including phenoxy) is 3. The zero-order valence-corrected chi connectivity index (χ0v) is 12.6. The summed E-state index contributed by atoms with van der Waals surface area (Å²) in [6.07, 6.45) is 2.91. The van der Waals surface area contributed by atoms with E-state index in [1.807, 2.05) is 6.07 Å². The predicted octanol–water partition coefficient (Wildman–Crippen LogP) is 2.99. The highest BCUT2D eigenvalue weighted by Gasteiger charge is 2.16. The largest absolute Gasteiger partial charge is 0.493 e. The summed E-state index contributed by atoms with van der Waals surface area (Å²) < 4.78 is 16.5. The Morgan fingerprint density at radius 2 is 1.67 bits per heavy atom. The minimum Gasteiger partial charge on any atom is -0.493 e. The van der Waals surface area contributed by atoms with Crippen molar-refractivity contribution in [1.82, 2.24) is 9.97 Å². The molecule has 1 heterocycles. The fourth-order valence-corrected chi connectivity index (χ4v) is 1.94. The summed E-state index contributed by atoms with van der Waals surface area (Å²) in [5, 5.41) is 0.